The topological polar surface area (TPSA) is 105 Å². The van der Waals surface area contributed by atoms with Gasteiger partial charge in [-0.05, 0) is 53.6 Å². The van der Waals surface area contributed by atoms with Gasteiger partial charge in [0.15, 0.2) is 0 Å². The Kier molecular flexibility index (Phi) is 5.81. The normalized spacial score (nSPS) is 17.0. The average Bonchev–Trinajstić information content (AvgIpc) is 3.39. The maximum atomic E-state index is 12.9. The number of anilines is 1. The van der Waals surface area contributed by atoms with Gasteiger partial charge < -0.3 is 4.74 Å². The van der Waals surface area contributed by atoms with Crippen LogP contribution >= 0.6 is 15.9 Å². The molecule has 0 saturated heterocycles. The number of carbonyl (C=O) groups is 2. The Bertz CT molecular complexity index is 1390. The predicted octanol–water partition coefficient (Wildman–Crippen LogP) is 4.70. The monoisotopic (exact) mass is 534 g/mol. The number of rotatable bonds is 6. The SMILES string of the molecule is COc1ccc(C2=NN(CN3C(=O)C(=O)c4cc(Br)ccc43)[C@@H](c3cccc([N+](=O)[O-])c3)C2)cc1. The quantitative estimate of drug-likeness (QED) is 0.257. The van der Waals surface area contributed by atoms with Crippen LogP contribution in [-0.2, 0) is 4.79 Å². The highest BCUT2D eigenvalue weighted by molar-refractivity contribution is 9.10. The average molecular weight is 535 g/mol. The van der Waals surface area contributed by atoms with Gasteiger partial charge in [-0.3, -0.25) is 29.6 Å². The van der Waals surface area contributed by atoms with Crippen molar-refractivity contribution >= 4 is 44.7 Å². The number of non-ortho nitro benzene ring substituents is 1. The van der Waals surface area contributed by atoms with E-state index in [9.17, 15) is 19.7 Å². The summed E-state index contributed by atoms with van der Waals surface area (Å²) in [5.41, 5.74) is 3.14. The van der Waals surface area contributed by atoms with Crippen molar-refractivity contribution in [2.75, 3.05) is 18.7 Å². The zero-order valence-corrected chi connectivity index (χ0v) is 20.1. The molecule has 1 atom stereocenters. The van der Waals surface area contributed by atoms with Crippen LogP contribution in [0.4, 0.5) is 11.4 Å². The van der Waals surface area contributed by atoms with Gasteiger partial charge in [0.05, 0.1) is 35.0 Å². The third-order valence-corrected chi connectivity index (χ3v) is 6.60. The van der Waals surface area contributed by atoms with Gasteiger partial charge in [-0.15, -0.1) is 0 Å². The van der Waals surface area contributed by atoms with Gasteiger partial charge in [-0.2, -0.15) is 5.10 Å². The molecule has 0 fully saturated rings. The first-order chi connectivity index (χ1) is 16.9. The first-order valence-electron chi connectivity index (χ1n) is 10.7. The fraction of sp³-hybridized carbons (Fsp3) is 0.160. The number of hydrazone groups is 1. The minimum absolute atomic E-state index is 0.0201. The second-order valence-corrected chi connectivity index (χ2v) is 9.07. The van der Waals surface area contributed by atoms with E-state index in [4.69, 9.17) is 9.84 Å². The lowest BCUT2D eigenvalue weighted by molar-refractivity contribution is -0.385. The Morgan fingerprint density at radius 2 is 1.89 bits per heavy atom. The summed E-state index contributed by atoms with van der Waals surface area (Å²) in [6.45, 7) is 0.0201. The number of amides is 1. The Morgan fingerprint density at radius 3 is 2.60 bits per heavy atom. The molecule has 0 bridgehead atoms. The van der Waals surface area contributed by atoms with Crippen LogP contribution in [0.15, 0.2) is 76.3 Å². The van der Waals surface area contributed by atoms with Crippen molar-refractivity contribution < 1.29 is 19.2 Å². The molecule has 0 spiro atoms. The van der Waals surface area contributed by atoms with Gasteiger partial charge in [0.1, 0.15) is 12.4 Å². The Labute approximate surface area is 208 Å². The summed E-state index contributed by atoms with van der Waals surface area (Å²) in [5, 5.41) is 17.9. The van der Waals surface area contributed by atoms with Crippen LogP contribution in [0.3, 0.4) is 0 Å². The fourth-order valence-electron chi connectivity index (χ4n) is 4.34. The van der Waals surface area contributed by atoms with Crippen LogP contribution in [0.1, 0.15) is 33.9 Å². The van der Waals surface area contributed by atoms with Crippen molar-refractivity contribution in [2.45, 2.75) is 12.5 Å². The number of fused-ring (bicyclic) bond motifs is 1. The summed E-state index contributed by atoms with van der Waals surface area (Å²) in [6.07, 6.45) is 0.469. The number of ether oxygens (including phenoxy) is 1. The number of hydrogen-bond donors (Lipinski definition) is 0. The summed E-state index contributed by atoms with van der Waals surface area (Å²) in [5.74, 6) is -0.501. The number of nitro groups is 1. The van der Waals surface area contributed by atoms with Crippen molar-refractivity contribution in [3.63, 3.8) is 0 Å². The van der Waals surface area contributed by atoms with Crippen molar-refractivity contribution in [2.24, 2.45) is 5.10 Å². The van der Waals surface area contributed by atoms with Gasteiger partial charge in [-0.25, -0.2) is 0 Å². The molecule has 1 amide bonds. The van der Waals surface area contributed by atoms with Gasteiger partial charge in [-0.1, -0.05) is 28.1 Å². The zero-order valence-electron chi connectivity index (χ0n) is 18.6. The minimum Gasteiger partial charge on any atom is -0.497 e. The smallest absolute Gasteiger partial charge is 0.301 e. The van der Waals surface area contributed by atoms with Crippen LogP contribution < -0.4 is 9.64 Å². The lowest BCUT2D eigenvalue weighted by atomic mass is 9.98. The third-order valence-electron chi connectivity index (χ3n) is 6.10. The summed E-state index contributed by atoms with van der Waals surface area (Å²) in [6, 6.07) is 18.6. The highest BCUT2D eigenvalue weighted by Gasteiger charge is 2.39. The standard InChI is InChI=1S/C25H19BrN4O5/c1-35-19-8-5-15(6-9-19)21-13-23(16-3-2-4-18(11-16)30(33)34)29(27-21)14-28-22-10-7-17(26)12-20(22)24(31)25(28)32/h2-12,23H,13-14H2,1H3/t23-/m1/s1. The molecule has 2 aliphatic heterocycles. The molecular weight excluding hydrogens is 516 g/mol. The number of benzene rings is 3. The maximum absolute atomic E-state index is 12.9. The molecule has 0 aromatic heterocycles. The van der Waals surface area contributed by atoms with Crippen molar-refractivity contribution in [3.8, 4) is 5.75 Å². The molecule has 0 N–H and O–H groups in total. The number of nitrogens with zero attached hydrogens (tertiary/aromatic N) is 4. The third kappa shape index (κ3) is 4.17. The fourth-order valence-corrected chi connectivity index (χ4v) is 4.70. The molecule has 9 nitrogen and oxygen atoms in total. The zero-order chi connectivity index (χ0) is 24.7. The van der Waals surface area contributed by atoms with E-state index in [0.717, 1.165) is 11.3 Å². The number of nitro benzene ring substituents is 1. The molecule has 3 aromatic carbocycles. The second-order valence-electron chi connectivity index (χ2n) is 8.15. The van der Waals surface area contributed by atoms with Crippen LogP contribution in [0.2, 0.25) is 0 Å². The Balaban J connectivity index is 1.52. The first-order valence-corrected chi connectivity index (χ1v) is 11.5. The highest BCUT2D eigenvalue weighted by atomic mass is 79.9. The van der Waals surface area contributed by atoms with E-state index in [1.807, 2.05) is 24.3 Å². The van der Waals surface area contributed by atoms with E-state index < -0.39 is 16.6 Å². The molecule has 0 unspecified atom stereocenters. The van der Waals surface area contributed by atoms with Crippen LogP contribution in [-0.4, -0.2) is 41.1 Å². The molecular formula is C25H19BrN4O5. The lowest BCUT2D eigenvalue weighted by Gasteiger charge is -2.28. The molecule has 2 aliphatic rings. The minimum atomic E-state index is -0.635. The van der Waals surface area contributed by atoms with Crippen LogP contribution in [0, 0.1) is 10.1 Å². The predicted molar refractivity (Wildman–Crippen MR) is 133 cm³/mol. The van der Waals surface area contributed by atoms with E-state index in [0.29, 0.717) is 33.5 Å². The van der Waals surface area contributed by atoms with E-state index in [1.165, 1.54) is 17.0 Å². The largest absolute Gasteiger partial charge is 0.497 e. The second kappa shape index (κ2) is 8.95. The first kappa shape index (κ1) is 22.7. The number of Topliss-reactive ketones (excluding diaryl/α,β-unsaturated/α-hetero) is 1. The molecule has 0 aliphatic carbocycles. The maximum Gasteiger partial charge on any atom is 0.301 e. The Hall–Kier alpha value is -4.05. The van der Waals surface area contributed by atoms with Crippen LogP contribution in [0.25, 0.3) is 0 Å². The molecule has 35 heavy (non-hydrogen) atoms. The Morgan fingerprint density at radius 1 is 1.11 bits per heavy atom. The van der Waals surface area contributed by atoms with Crippen molar-refractivity contribution in [3.05, 3.63) is 98.0 Å². The molecule has 5 rings (SSSR count). The molecule has 10 heteroatoms. The summed E-state index contributed by atoms with van der Waals surface area (Å²) < 4.78 is 5.94. The molecule has 176 valence electrons. The van der Waals surface area contributed by atoms with Gasteiger partial charge in [0.25, 0.3) is 11.5 Å². The molecule has 0 saturated carbocycles. The van der Waals surface area contributed by atoms with E-state index >= 15 is 0 Å². The van der Waals surface area contributed by atoms with Crippen LogP contribution in [0.5, 0.6) is 5.75 Å². The summed E-state index contributed by atoms with van der Waals surface area (Å²) in [7, 11) is 1.59. The van der Waals surface area contributed by atoms with E-state index in [-0.39, 0.29) is 18.4 Å². The number of methoxy groups -OCH3 is 1. The lowest BCUT2D eigenvalue weighted by Crippen LogP contribution is -2.39. The van der Waals surface area contributed by atoms with Gasteiger partial charge in [0, 0.05) is 23.0 Å². The van der Waals surface area contributed by atoms with Gasteiger partial charge >= 0.3 is 5.91 Å². The number of halogens is 1. The van der Waals surface area contributed by atoms with Gasteiger partial charge in [0.2, 0.25) is 0 Å². The molecule has 0 radical (unpaired) electrons. The summed E-state index contributed by atoms with van der Waals surface area (Å²) >= 11 is 3.34. The molecule has 2 heterocycles. The number of ketones is 1. The van der Waals surface area contributed by atoms with E-state index in [1.54, 1.807) is 42.5 Å². The van der Waals surface area contributed by atoms with Crippen molar-refractivity contribution in [1.82, 2.24) is 5.01 Å². The van der Waals surface area contributed by atoms with E-state index in [2.05, 4.69) is 15.9 Å². The highest BCUT2D eigenvalue weighted by Crippen LogP contribution is 2.37. The number of carbonyl (C=O) groups excluding carboxylic acids is 2. The number of hydrogen-bond acceptors (Lipinski definition) is 7. The van der Waals surface area contributed by atoms with Crippen molar-refractivity contribution in [1.29, 1.82) is 0 Å². The summed E-state index contributed by atoms with van der Waals surface area (Å²) in [4.78, 5) is 37.8. The molecule has 3 aromatic rings.